The fourth-order valence-electron chi connectivity index (χ4n) is 8.50. The number of hydrogen-bond acceptors (Lipinski definition) is 1. The molecule has 10 aromatic rings. The monoisotopic (exact) mass is 645 g/mol. The number of benzene rings is 10. The van der Waals surface area contributed by atoms with E-state index >= 15 is 0 Å². The molecule has 0 aliphatic heterocycles. The Morgan fingerprint density at radius 1 is 0.255 bits per heavy atom. The summed E-state index contributed by atoms with van der Waals surface area (Å²) >= 11 is 0. The SMILES string of the molecule is c1cc2c3c(cccc3c1)-c1cc(-c3ccc(N(c4ccc5c(ccc6ccccc65)c4)c4ccc5c(ccc6ccccc65)c4)cc3)ccc1-2. The number of hydrogen-bond donors (Lipinski definition) is 0. The summed E-state index contributed by atoms with van der Waals surface area (Å²) in [5.74, 6) is 0. The first-order valence-electron chi connectivity index (χ1n) is 17.7. The van der Waals surface area contributed by atoms with Gasteiger partial charge in [0.05, 0.1) is 0 Å². The van der Waals surface area contributed by atoms with E-state index in [2.05, 4.69) is 193 Å². The molecule has 0 saturated heterocycles. The predicted molar refractivity (Wildman–Crippen MR) is 219 cm³/mol. The summed E-state index contributed by atoms with van der Waals surface area (Å²) < 4.78 is 0. The van der Waals surface area contributed by atoms with Gasteiger partial charge in [-0.05, 0) is 130 Å². The second kappa shape index (κ2) is 10.9. The van der Waals surface area contributed by atoms with Gasteiger partial charge in [-0.1, -0.05) is 146 Å². The van der Waals surface area contributed by atoms with Crippen LogP contribution in [0.5, 0.6) is 0 Å². The summed E-state index contributed by atoms with van der Waals surface area (Å²) in [6.45, 7) is 0. The quantitative estimate of drug-likeness (QED) is 0.172. The van der Waals surface area contributed by atoms with Gasteiger partial charge in [-0.15, -0.1) is 0 Å². The summed E-state index contributed by atoms with van der Waals surface area (Å²) in [7, 11) is 0. The van der Waals surface area contributed by atoms with E-state index in [1.807, 2.05) is 0 Å². The van der Waals surface area contributed by atoms with E-state index in [1.54, 1.807) is 0 Å². The number of anilines is 3. The summed E-state index contributed by atoms with van der Waals surface area (Å²) in [5.41, 5.74) is 11.1. The molecule has 51 heavy (non-hydrogen) atoms. The van der Waals surface area contributed by atoms with Crippen LogP contribution in [0.1, 0.15) is 0 Å². The van der Waals surface area contributed by atoms with Crippen molar-refractivity contribution < 1.29 is 0 Å². The van der Waals surface area contributed by atoms with E-state index in [1.165, 1.54) is 87.2 Å². The molecule has 0 fully saturated rings. The van der Waals surface area contributed by atoms with Crippen LogP contribution in [-0.4, -0.2) is 0 Å². The molecule has 1 aliphatic rings. The summed E-state index contributed by atoms with van der Waals surface area (Å²) in [5, 5.41) is 12.8. The lowest BCUT2D eigenvalue weighted by Crippen LogP contribution is -2.10. The normalized spacial score (nSPS) is 11.9. The molecule has 0 atom stereocenters. The fourth-order valence-corrected chi connectivity index (χ4v) is 8.50. The second-order valence-electron chi connectivity index (χ2n) is 13.7. The van der Waals surface area contributed by atoms with Gasteiger partial charge in [0.2, 0.25) is 0 Å². The van der Waals surface area contributed by atoms with Gasteiger partial charge >= 0.3 is 0 Å². The van der Waals surface area contributed by atoms with Crippen LogP contribution in [0.2, 0.25) is 0 Å². The molecule has 11 rings (SSSR count). The molecule has 0 spiro atoms. The maximum absolute atomic E-state index is 2.40. The van der Waals surface area contributed by atoms with Crippen LogP contribution in [0, 0.1) is 0 Å². The van der Waals surface area contributed by atoms with Crippen LogP contribution in [0.4, 0.5) is 17.1 Å². The number of nitrogens with zero attached hydrogens (tertiary/aromatic N) is 1. The van der Waals surface area contributed by atoms with Crippen molar-refractivity contribution in [3.8, 4) is 33.4 Å². The molecule has 1 nitrogen and oxygen atoms in total. The minimum Gasteiger partial charge on any atom is -0.310 e. The second-order valence-corrected chi connectivity index (χ2v) is 13.7. The predicted octanol–water partition coefficient (Wildman–Crippen LogP) is 14.2. The highest BCUT2D eigenvalue weighted by molar-refractivity contribution is 6.16. The molecule has 0 unspecified atom stereocenters. The van der Waals surface area contributed by atoms with Crippen molar-refractivity contribution in [1.29, 1.82) is 0 Å². The van der Waals surface area contributed by atoms with Gasteiger partial charge in [0, 0.05) is 17.1 Å². The highest BCUT2D eigenvalue weighted by atomic mass is 15.1. The lowest BCUT2D eigenvalue weighted by Gasteiger charge is -2.26. The summed E-state index contributed by atoms with van der Waals surface area (Å²) in [4.78, 5) is 2.40. The van der Waals surface area contributed by atoms with E-state index < -0.39 is 0 Å². The maximum Gasteiger partial charge on any atom is 0.0468 e. The van der Waals surface area contributed by atoms with Crippen molar-refractivity contribution in [3.05, 3.63) is 188 Å². The first-order valence-corrected chi connectivity index (χ1v) is 17.7. The first kappa shape index (κ1) is 28.2. The molecule has 0 N–H and O–H groups in total. The Morgan fingerprint density at radius 2 is 0.745 bits per heavy atom. The Labute approximate surface area is 296 Å². The Hall–Kier alpha value is -6.70. The third kappa shape index (κ3) is 4.35. The Morgan fingerprint density at radius 3 is 1.37 bits per heavy atom. The smallest absolute Gasteiger partial charge is 0.0468 e. The molecule has 10 aromatic carbocycles. The molecule has 0 heterocycles. The zero-order chi connectivity index (χ0) is 33.5. The van der Waals surface area contributed by atoms with Crippen LogP contribution >= 0.6 is 0 Å². The zero-order valence-electron chi connectivity index (χ0n) is 27.8. The topological polar surface area (TPSA) is 3.24 Å². The Bertz CT molecular complexity index is 2900. The van der Waals surface area contributed by atoms with E-state index in [-0.39, 0.29) is 0 Å². The molecule has 1 aliphatic carbocycles. The average molecular weight is 646 g/mol. The molecule has 0 bridgehead atoms. The molecule has 236 valence electrons. The van der Waals surface area contributed by atoms with Gasteiger partial charge < -0.3 is 4.90 Å². The van der Waals surface area contributed by atoms with Gasteiger partial charge in [0.1, 0.15) is 0 Å². The van der Waals surface area contributed by atoms with Gasteiger partial charge in [0.25, 0.3) is 0 Å². The first-order chi connectivity index (χ1) is 25.3. The van der Waals surface area contributed by atoms with E-state index in [4.69, 9.17) is 0 Å². The van der Waals surface area contributed by atoms with Crippen LogP contribution in [0.15, 0.2) is 188 Å². The van der Waals surface area contributed by atoms with Crippen LogP contribution in [0.3, 0.4) is 0 Å². The number of fused-ring (bicyclic) bond motifs is 9. The zero-order valence-corrected chi connectivity index (χ0v) is 27.8. The maximum atomic E-state index is 2.40. The van der Waals surface area contributed by atoms with Gasteiger partial charge in [-0.25, -0.2) is 0 Å². The molecule has 1 heteroatoms. The Balaban J connectivity index is 1.04. The Kier molecular flexibility index (Phi) is 6.02. The lowest BCUT2D eigenvalue weighted by molar-refractivity contribution is 1.29. The van der Waals surface area contributed by atoms with Crippen molar-refractivity contribution in [1.82, 2.24) is 0 Å². The summed E-state index contributed by atoms with van der Waals surface area (Å²) in [6, 6.07) is 69.4. The van der Waals surface area contributed by atoms with Crippen molar-refractivity contribution >= 4 is 70.9 Å². The van der Waals surface area contributed by atoms with Crippen LogP contribution in [0.25, 0.3) is 87.2 Å². The fraction of sp³-hybridized carbons (Fsp3) is 0. The molecule has 0 amide bonds. The lowest BCUT2D eigenvalue weighted by atomic mass is 9.97. The molecular formula is C50H31N. The van der Waals surface area contributed by atoms with E-state index in [0.717, 1.165) is 17.1 Å². The van der Waals surface area contributed by atoms with Crippen molar-refractivity contribution in [2.75, 3.05) is 4.90 Å². The van der Waals surface area contributed by atoms with Gasteiger partial charge in [-0.3, -0.25) is 0 Å². The molecule has 0 radical (unpaired) electrons. The van der Waals surface area contributed by atoms with Crippen molar-refractivity contribution in [3.63, 3.8) is 0 Å². The summed E-state index contributed by atoms with van der Waals surface area (Å²) in [6.07, 6.45) is 0. The standard InChI is InChI=1S/C50H31N/c1-3-11-42-33(7-1)15-17-37-29-40(24-27-44(37)42)51(41-25-28-45-38(30-41)18-16-34-8-2-4-12-43(34)45)39-22-19-32(20-23-39)36-21-26-46-47-13-5-9-35-10-6-14-48(50(35)47)49(46)31-36/h1-31H. The number of rotatable bonds is 4. The third-order valence-corrected chi connectivity index (χ3v) is 10.9. The van der Waals surface area contributed by atoms with Crippen LogP contribution < -0.4 is 4.90 Å². The van der Waals surface area contributed by atoms with Crippen molar-refractivity contribution in [2.45, 2.75) is 0 Å². The highest BCUT2D eigenvalue weighted by Crippen LogP contribution is 2.48. The van der Waals surface area contributed by atoms with Crippen LogP contribution in [-0.2, 0) is 0 Å². The van der Waals surface area contributed by atoms with Gasteiger partial charge in [-0.2, -0.15) is 0 Å². The average Bonchev–Trinajstić information content (AvgIpc) is 3.52. The largest absolute Gasteiger partial charge is 0.310 e. The highest BCUT2D eigenvalue weighted by Gasteiger charge is 2.22. The minimum atomic E-state index is 1.12. The molecule has 0 aromatic heterocycles. The van der Waals surface area contributed by atoms with Crippen molar-refractivity contribution in [2.24, 2.45) is 0 Å². The van der Waals surface area contributed by atoms with E-state index in [0.29, 0.717) is 0 Å². The van der Waals surface area contributed by atoms with Gasteiger partial charge in [0.15, 0.2) is 0 Å². The minimum absolute atomic E-state index is 1.12. The molecule has 0 saturated carbocycles. The molecular weight excluding hydrogens is 615 g/mol. The van der Waals surface area contributed by atoms with E-state index in [9.17, 15) is 0 Å². The third-order valence-electron chi connectivity index (χ3n) is 10.9.